The molecular formula is C22H15BrN4O6S3. The number of fused-ring (bicyclic) bond motifs is 1. The predicted octanol–water partition coefficient (Wildman–Crippen LogP) is 4.98. The molecule has 4 aromatic rings. The summed E-state index contributed by atoms with van der Waals surface area (Å²) in [5.41, 5.74) is 3.12. The average Bonchev–Trinajstić information content (AvgIpc) is 3.27. The zero-order chi connectivity index (χ0) is 25.7. The number of nitro groups is 1. The van der Waals surface area contributed by atoms with E-state index in [0.29, 0.717) is 4.47 Å². The van der Waals surface area contributed by atoms with Crippen LogP contribution in [0, 0.1) is 10.1 Å². The number of benzene rings is 3. The van der Waals surface area contributed by atoms with Gasteiger partial charge in [-0.1, -0.05) is 45.9 Å². The van der Waals surface area contributed by atoms with E-state index in [1.165, 1.54) is 53.6 Å². The van der Waals surface area contributed by atoms with Crippen molar-refractivity contribution < 1.29 is 22.3 Å². The van der Waals surface area contributed by atoms with E-state index in [0.717, 1.165) is 20.6 Å². The summed E-state index contributed by atoms with van der Waals surface area (Å²) in [6, 6.07) is 16.7. The van der Waals surface area contributed by atoms with Gasteiger partial charge in [-0.2, -0.15) is 13.5 Å². The van der Waals surface area contributed by atoms with Gasteiger partial charge in [0.1, 0.15) is 4.90 Å². The quantitative estimate of drug-likeness (QED) is 0.0924. The van der Waals surface area contributed by atoms with E-state index in [4.69, 9.17) is 4.18 Å². The Balaban J connectivity index is 1.42. The predicted molar refractivity (Wildman–Crippen MR) is 141 cm³/mol. The molecule has 0 aliphatic carbocycles. The Bertz CT molecular complexity index is 1560. The molecule has 0 aliphatic rings. The number of thiazole rings is 1. The summed E-state index contributed by atoms with van der Waals surface area (Å²) in [7, 11) is -4.37. The maximum atomic E-state index is 12.7. The van der Waals surface area contributed by atoms with Gasteiger partial charge in [-0.15, -0.1) is 11.3 Å². The number of nitrogens with one attached hydrogen (secondary N) is 1. The average molecular weight is 607 g/mol. The molecule has 0 spiro atoms. The van der Waals surface area contributed by atoms with Gasteiger partial charge in [0.2, 0.25) is 0 Å². The first-order valence-electron chi connectivity index (χ1n) is 10.00. The first-order chi connectivity index (χ1) is 17.2. The number of hydrogen-bond acceptors (Lipinski definition) is 10. The zero-order valence-electron chi connectivity index (χ0n) is 18.0. The van der Waals surface area contributed by atoms with Crippen LogP contribution in [0.2, 0.25) is 0 Å². The second kappa shape index (κ2) is 11.2. The molecule has 1 heterocycles. The van der Waals surface area contributed by atoms with Gasteiger partial charge in [-0.05, 0) is 36.4 Å². The van der Waals surface area contributed by atoms with Crippen molar-refractivity contribution in [2.24, 2.45) is 5.10 Å². The molecule has 0 atom stereocenters. The third kappa shape index (κ3) is 6.46. The Labute approximate surface area is 221 Å². The number of para-hydroxylation sites is 1. The minimum absolute atomic E-state index is 0.0773. The van der Waals surface area contributed by atoms with Crippen LogP contribution in [0.25, 0.3) is 10.2 Å². The number of rotatable bonds is 9. The summed E-state index contributed by atoms with van der Waals surface area (Å²) in [5, 5.41) is 14.9. The Hall–Kier alpha value is -3.33. The summed E-state index contributed by atoms with van der Waals surface area (Å²) >= 11 is 6.06. The number of carbonyl (C=O) groups is 1. The van der Waals surface area contributed by atoms with Gasteiger partial charge in [0.05, 0.1) is 27.1 Å². The normalized spacial score (nSPS) is 11.6. The van der Waals surface area contributed by atoms with Gasteiger partial charge < -0.3 is 4.18 Å². The maximum absolute atomic E-state index is 12.7. The molecule has 0 radical (unpaired) electrons. The molecule has 1 amide bonds. The Morgan fingerprint density at radius 2 is 2.00 bits per heavy atom. The number of aromatic nitrogens is 1. The highest BCUT2D eigenvalue weighted by Gasteiger charge is 2.21. The van der Waals surface area contributed by atoms with Crippen LogP contribution in [0.1, 0.15) is 5.56 Å². The molecule has 0 unspecified atom stereocenters. The molecule has 36 heavy (non-hydrogen) atoms. The fourth-order valence-corrected chi connectivity index (χ4v) is 6.10. The molecule has 1 aromatic heterocycles. The first-order valence-corrected chi connectivity index (χ1v) is 14.0. The van der Waals surface area contributed by atoms with Crippen molar-refractivity contribution in [2.45, 2.75) is 9.24 Å². The minimum atomic E-state index is -4.37. The molecule has 184 valence electrons. The third-order valence-electron chi connectivity index (χ3n) is 4.48. The lowest BCUT2D eigenvalue weighted by atomic mass is 10.2. The van der Waals surface area contributed by atoms with E-state index < -0.39 is 15.0 Å². The topological polar surface area (TPSA) is 141 Å². The highest BCUT2D eigenvalue weighted by atomic mass is 79.9. The van der Waals surface area contributed by atoms with Crippen LogP contribution >= 0.6 is 39.0 Å². The van der Waals surface area contributed by atoms with Gasteiger partial charge in [-0.25, -0.2) is 10.4 Å². The fraction of sp³-hybridized carbons (Fsp3) is 0.0455. The molecule has 0 bridgehead atoms. The van der Waals surface area contributed by atoms with Crippen LogP contribution < -0.4 is 9.61 Å². The molecule has 0 fully saturated rings. The number of carbonyl (C=O) groups excluding carboxylic acids is 1. The van der Waals surface area contributed by atoms with Crippen LogP contribution in [0.15, 0.2) is 85.5 Å². The Morgan fingerprint density at radius 1 is 1.19 bits per heavy atom. The Kier molecular flexibility index (Phi) is 7.98. The summed E-state index contributed by atoms with van der Waals surface area (Å²) < 4.78 is 33.0. The molecule has 0 aliphatic heterocycles. The number of amides is 1. The summed E-state index contributed by atoms with van der Waals surface area (Å²) in [6.45, 7) is 0. The van der Waals surface area contributed by atoms with Crippen LogP contribution in [0.5, 0.6) is 5.75 Å². The van der Waals surface area contributed by atoms with Gasteiger partial charge >= 0.3 is 10.1 Å². The van der Waals surface area contributed by atoms with Gasteiger partial charge in [-0.3, -0.25) is 14.9 Å². The number of halogens is 1. The van der Waals surface area contributed by atoms with E-state index in [2.05, 4.69) is 31.4 Å². The van der Waals surface area contributed by atoms with E-state index in [1.54, 1.807) is 12.1 Å². The molecule has 3 aromatic carbocycles. The van der Waals surface area contributed by atoms with E-state index in [9.17, 15) is 23.3 Å². The molecule has 0 saturated carbocycles. The second-order valence-electron chi connectivity index (χ2n) is 7.00. The number of nitrogens with zero attached hydrogens (tertiary/aromatic N) is 3. The van der Waals surface area contributed by atoms with Crippen molar-refractivity contribution in [3.8, 4) is 5.75 Å². The lowest BCUT2D eigenvalue weighted by molar-refractivity contribution is -0.385. The second-order valence-corrected chi connectivity index (χ2v) is 11.7. The fourth-order valence-electron chi connectivity index (χ4n) is 2.86. The lowest BCUT2D eigenvalue weighted by Gasteiger charge is -2.10. The highest BCUT2D eigenvalue weighted by molar-refractivity contribution is 9.10. The SMILES string of the molecule is O=C(CSc1nc2ccccc2s1)N/N=C\c1cc(Br)ccc1OS(=O)(=O)c1cccc([N+](=O)[O-])c1. The third-order valence-corrected chi connectivity index (χ3v) is 8.39. The van der Waals surface area contributed by atoms with Crippen molar-refractivity contribution in [1.29, 1.82) is 0 Å². The number of non-ortho nitro benzene ring substituents is 1. The standard InChI is InChI=1S/C22H15BrN4O6S3/c23-15-8-9-19(33-36(31,32)17-5-3-4-16(11-17)27(29)30)14(10-15)12-24-26-21(28)13-34-22-25-18-6-1-2-7-20(18)35-22/h1-12H,13H2,(H,26,28)/b24-12-. The maximum Gasteiger partial charge on any atom is 0.339 e. The van der Waals surface area contributed by atoms with Crippen molar-refractivity contribution in [3.63, 3.8) is 0 Å². The van der Waals surface area contributed by atoms with Gasteiger partial charge in [0.25, 0.3) is 11.6 Å². The van der Waals surface area contributed by atoms with Crippen molar-refractivity contribution in [2.75, 3.05) is 5.75 Å². The Morgan fingerprint density at radius 3 is 2.78 bits per heavy atom. The molecule has 14 heteroatoms. The summed E-state index contributed by atoms with van der Waals surface area (Å²) in [4.78, 5) is 26.6. The van der Waals surface area contributed by atoms with Crippen LogP contribution in [-0.2, 0) is 14.9 Å². The first kappa shape index (κ1) is 25.8. The highest BCUT2D eigenvalue weighted by Crippen LogP contribution is 2.29. The molecule has 1 N–H and O–H groups in total. The van der Waals surface area contributed by atoms with Crippen molar-refractivity contribution in [1.82, 2.24) is 10.4 Å². The number of thioether (sulfide) groups is 1. The zero-order valence-corrected chi connectivity index (χ0v) is 22.1. The van der Waals surface area contributed by atoms with E-state index in [1.807, 2.05) is 24.3 Å². The molecule has 10 nitrogen and oxygen atoms in total. The smallest absolute Gasteiger partial charge is 0.339 e. The summed E-state index contributed by atoms with van der Waals surface area (Å²) in [6.07, 6.45) is 1.24. The molecular weight excluding hydrogens is 592 g/mol. The van der Waals surface area contributed by atoms with Crippen LogP contribution in [0.4, 0.5) is 5.69 Å². The monoisotopic (exact) mass is 606 g/mol. The van der Waals surface area contributed by atoms with E-state index in [-0.39, 0.29) is 33.6 Å². The minimum Gasteiger partial charge on any atom is -0.378 e. The van der Waals surface area contributed by atoms with Crippen LogP contribution in [0.3, 0.4) is 0 Å². The molecule has 4 rings (SSSR count). The number of hydrazone groups is 1. The van der Waals surface area contributed by atoms with Gasteiger partial charge in [0, 0.05) is 22.2 Å². The van der Waals surface area contributed by atoms with E-state index >= 15 is 0 Å². The molecule has 0 saturated heterocycles. The summed E-state index contributed by atoms with van der Waals surface area (Å²) in [5.74, 6) is -0.371. The largest absolute Gasteiger partial charge is 0.378 e. The van der Waals surface area contributed by atoms with Gasteiger partial charge in [0.15, 0.2) is 10.1 Å². The number of nitro benzene ring substituents is 1. The van der Waals surface area contributed by atoms with Crippen molar-refractivity contribution >= 4 is 77.2 Å². The lowest BCUT2D eigenvalue weighted by Crippen LogP contribution is -2.19. The van der Waals surface area contributed by atoms with Crippen molar-refractivity contribution in [3.05, 3.63) is 86.9 Å². The number of hydrogen-bond donors (Lipinski definition) is 1. The van der Waals surface area contributed by atoms with Crippen LogP contribution in [-0.4, -0.2) is 36.2 Å².